The Hall–Kier alpha value is -0.610. The average molecular weight is 380 g/mol. The lowest BCUT2D eigenvalue weighted by molar-refractivity contribution is -0.139. The molecule has 0 unspecified atom stereocenters. The summed E-state index contributed by atoms with van der Waals surface area (Å²) in [6.07, 6.45) is 0.120. The van der Waals surface area contributed by atoms with Crippen molar-refractivity contribution in [2.75, 3.05) is 7.11 Å². The van der Waals surface area contributed by atoms with Crippen LogP contribution in [0.4, 0.5) is 0 Å². The van der Waals surface area contributed by atoms with Gasteiger partial charge in [0.25, 0.3) is 0 Å². The predicted molar refractivity (Wildman–Crippen MR) is 67.3 cm³/mol. The number of nitriles is 1. The molecule has 0 amide bonds. The molecule has 0 saturated heterocycles. The molecule has 0 fully saturated rings. The van der Waals surface area contributed by atoms with Crippen molar-refractivity contribution in [1.82, 2.24) is 0 Å². The lowest BCUT2D eigenvalue weighted by Gasteiger charge is -2.05. The number of ether oxygens (including phenoxy) is 1. The van der Waals surface area contributed by atoms with Crippen LogP contribution in [0, 0.1) is 14.9 Å². The fourth-order valence-electron chi connectivity index (χ4n) is 1.09. The molecule has 1 aromatic rings. The SMILES string of the molecule is COC(=O)Cc1ccc(I)c(Br)c1C#N. The molecule has 3 nitrogen and oxygen atoms in total. The van der Waals surface area contributed by atoms with Gasteiger partial charge in [0.2, 0.25) is 0 Å². The van der Waals surface area contributed by atoms with Crippen LogP contribution in [0.25, 0.3) is 0 Å². The van der Waals surface area contributed by atoms with Gasteiger partial charge in [-0.05, 0) is 50.2 Å². The maximum atomic E-state index is 11.1. The van der Waals surface area contributed by atoms with Crippen molar-refractivity contribution in [2.24, 2.45) is 0 Å². The van der Waals surface area contributed by atoms with E-state index < -0.39 is 0 Å². The van der Waals surface area contributed by atoms with Crippen molar-refractivity contribution in [3.63, 3.8) is 0 Å². The van der Waals surface area contributed by atoms with Crippen LogP contribution >= 0.6 is 38.5 Å². The van der Waals surface area contributed by atoms with Crippen LogP contribution in [0.3, 0.4) is 0 Å². The van der Waals surface area contributed by atoms with Gasteiger partial charge in [0.05, 0.1) is 19.1 Å². The van der Waals surface area contributed by atoms with Crippen LogP contribution in [0.5, 0.6) is 0 Å². The van der Waals surface area contributed by atoms with Crippen molar-refractivity contribution in [2.45, 2.75) is 6.42 Å². The normalized spacial score (nSPS) is 9.47. The highest BCUT2D eigenvalue weighted by Crippen LogP contribution is 2.26. The fourth-order valence-corrected chi connectivity index (χ4v) is 2.01. The highest BCUT2D eigenvalue weighted by atomic mass is 127. The van der Waals surface area contributed by atoms with E-state index in [1.807, 2.05) is 6.07 Å². The zero-order chi connectivity index (χ0) is 11.4. The van der Waals surface area contributed by atoms with Crippen LogP contribution in [-0.4, -0.2) is 13.1 Å². The van der Waals surface area contributed by atoms with E-state index in [-0.39, 0.29) is 12.4 Å². The number of benzene rings is 1. The first kappa shape index (κ1) is 12.5. The van der Waals surface area contributed by atoms with Gasteiger partial charge in [0, 0.05) is 8.04 Å². The molecule has 1 aromatic carbocycles. The Morgan fingerprint density at radius 1 is 1.67 bits per heavy atom. The number of rotatable bonds is 2. The van der Waals surface area contributed by atoms with Gasteiger partial charge in [-0.25, -0.2) is 0 Å². The van der Waals surface area contributed by atoms with Crippen LogP contribution in [-0.2, 0) is 16.0 Å². The molecule has 0 N–H and O–H groups in total. The molecule has 0 aromatic heterocycles. The Morgan fingerprint density at radius 2 is 2.33 bits per heavy atom. The quantitative estimate of drug-likeness (QED) is 0.586. The molecule has 0 spiro atoms. The zero-order valence-corrected chi connectivity index (χ0v) is 11.6. The second-order valence-corrected chi connectivity index (χ2v) is 4.72. The smallest absolute Gasteiger partial charge is 0.310 e. The van der Waals surface area contributed by atoms with E-state index in [1.54, 1.807) is 6.07 Å². The van der Waals surface area contributed by atoms with Crippen LogP contribution in [0.15, 0.2) is 16.6 Å². The minimum atomic E-state index is -0.348. The Bertz CT molecular complexity index is 440. The summed E-state index contributed by atoms with van der Waals surface area (Å²) in [5, 5.41) is 8.97. The van der Waals surface area contributed by atoms with Crippen molar-refractivity contribution in [1.29, 1.82) is 5.26 Å². The number of halogens is 2. The molecular weight excluding hydrogens is 373 g/mol. The Morgan fingerprint density at radius 3 is 2.87 bits per heavy atom. The van der Waals surface area contributed by atoms with Crippen molar-refractivity contribution in [3.05, 3.63) is 31.3 Å². The summed E-state index contributed by atoms with van der Waals surface area (Å²) in [4.78, 5) is 11.1. The molecule has 0 aliphatic heterocycles. The topological polar surface area (TPSA) is 50.1 Å². The highest BCUT2D eigenvalue weighted by molar-refractivity contribution is 14.1. The van der Waals surface area contributed by atoms with E-state index in [1.165, 1.54) is 7.11 Å². The second kappa shape index (κ2) is 5.47. The molecular formula is C10H7BrINO2. The van der Waals surface area contributed by atoms with E-state index in [2.05, 4.69) is 49.3 Å². The van der Waals surface area contributed by atoms with Crippen molar-refractivity contribution >= 4 is 44.5 Å². The molecule has 78 valence electrons. The monoisotopic (exact) mass is 379 g/mol. The number of hydrogen-bond donors (Lipinski definition) is 0. The highest BCUT2D eigenvalue weighted by Gasteiger charge is 2.12. The summed E-state index contributed by atoms with van der Waals surface area (Å²) in [5.41, 5.74) is 1.17. The standard InChI is InChI=1S/C10H7BrINO2/c1-15-9(14)4-6-2-3-8(12)10(11)7(6)5-13/h2-3H,4H2,1H3. The van der Waals surface area contributed by atoms with Gasteiger partial charge in [0.15, 0.2) is 0 Å². The van der Waals surface area contributed by atoms with Gasteiger partial charge in [0.1, 0.15) is 6.07 Å². The lowest BCUT2D eigenvalue weighted by atomic mass is 10.1. The van der Waals surface area contributed by atoms with Gasteiger partial charge in [-0.3, -0.25) is 4.79 Å². The third kappa shape index (κ3) is 2.92. The molecule has 0 atom stereocenters. The van der Waals surface area contributed by atoms with E-state index in [9.17, 15) is 4.79 Å². The molecule has 1 rings (SSSR count). The predicted octanol–water partition coefficient (Wildman–Crippen LogP) is 2.64. The summed E-state index contributed by atoms with van der Waals surface area (Å²) in [5.74, 6) is -0.348. The van der Waals surface area contributed by atoms with Crippen LogP contribution in [0.2, 0.25) is 0 Å². The number of carbonyl (C=O) groups excluding carboxylic acids is 1. The zero-order valence-electron chi connectivity index (χ0n) is 7.88. The van der Waals surface area contributed by atoms with Crippen LogP contribution < -0.4 is 0 Å². The second-order valence-electron chi connectivity index (χ2n) is 2.76. The van der Waals surface area contributed by atoms with Gasteiger partial charge in [-0.15, -0.1) is 0 Å². The molecule has 0 aliphatic carbocycles. The van der Waals surface area contributed by atoms with E-state index in [0.29, 0.717) is 11.1 Å². The minimum absolute atomic E-state index is 0.120. The summed E-state index contributed by atoms with van der Waals surface area (Å²) in [6.45, 7) is 0. The Balaban J connectivity index is 3.15. The van der Waals surface area contributed by atoms with Crippen molar-refractivity contribution < 1.29 is 9.53 Å². The summed E-state index contributed by atoms with van der Waals surface area (Å²) >= 11 is 5.44. The third-order valence-electron chi connectivity index (χ3n) is 1.86. The molecule has 0 saturated carbocycles. The molecule has 0 radical (unpaired) electrons. The molecule has 0 bridgehead atoms. The molecule has 5 heteroatoms. The first-order valence-electron chi connectivity index (χ1n) is 4.04. The number of hydrogen-bond acceptors (Lipinski definition) is 3. The molecule has 0 heterocycles. The van der Waals surface area contributed by atoms with Gasteiger partial charge in [-0.2, -0.15) is 5.26 Å². The third-order valence-corrected chi connectivity index (χ3v) is 4.32. The number of esters is 1. The van der Waals surface area contributed by atoms with Crippen LogP contribution in [0.1, 0.15) is 11.1 Å². The summed E-state index contributed by atoms with van der Waals surface area (Å²) < 4.78 is 6.23. The Labute approximate surface area is 110 Å². The largest absolute Gasteiger partial charge is 0.469 e. The molecule has 0 aliphatic rings. The van der Waals surface area contributed by atoms with Gasteiger partial charge >= 0.3 is 5.97 Å². The maximum absolute atomic E-state index is 11.1. The fraction of sp³-hybridized carbons (Fsp3) is 0.200. The number of methoxy groups -OCH3 is 1. The number of carbonyl (C=O) groups is 1. The van der Waals surface area contributed by atoms with Crippen molar-refractivity contribution in [3.8, 4) is 6.07 Å². The minimum Gasteiger partial charge on any atom is -0.469 e. The van der Waals surface area contributed by atoms with Gasteiger partial charge in [-0.1, -0.05) is 6.07 Å². The Kier molecular flexibility index (Phi) is 4.54. The lowest BCUT2D eigenvalue weighted by Crippen LogP contribution is -2.06. The van der Waals surface area contributed by atoms with E-state index in [4.69, 9.17) is 5.26 Å². The van der Waals surface area contributed by atoms with Gasteiger partial charge < -0.3 is 4.74 Å². The summed E-state index contributed by atoms with van der Waals surface area (Å²) in [6, 6.07) is 5.69. The maximum Gasteiger partial charge on any atom is 0.310 e. The van der Waals surface area contributed by atoms with E-state index in [0.717, 1.165) is 8.04 Å². The average Bonchev–Trinajstić information content (AvgIpc) is 2.24. The number of nitrogens with zero attached hydrogens (tertiary/aromatic N) is 1. The molecule has 15 heavy (non-hydrogen) atoms. The first-order chi connectivity index (χ1) is 7.10. The summed E-state index contributed by atoms with van der Waals surface area (Å²) in [7, 11) is 1.33. The van der Waals surface area contributed by atoms with E-state index >= 15 is 0 Å². The first-order valence-corrected chi connectivity index (χ1v) is 5.91.